The average molecular weight is 388 g/mol. The van der Waals surface area contributed by atoms with E-state index in [4.69, 9.17) is 0 Å². The summed E-state index contributed by atoms with van der Waals surface area (Å²) in [5, 5.41) is 2.64. The molecule has 27 heavy (non-hydrogen) atoms. The highest BCUT2D eigenvalue weighted by molar-refractivity contribution is 7.89. The predicted octanol–water partition coefficient (Wildman–Crippen LogP) is 2.85. The first kappa shape index (κ1) is 19.4. The highest BCUT2D eigenvalue weighted by Crippen LogP contribution is 2.25. The van der Waals surface area contributed by atoms with E-state index in [-0.39, 0.29) is 16.8 Å². The molecule has 1 fully saturated rings. The van der Waals surface area contributed by atoms with Gasteiger partial charge in [-0.05, 0) is 55.8 Å². The number of piperazine rings is 1. The Bertz CT molecular complexity index is 926. The van der Waals surface area contributed by atoms with Gasteiger partial charge in [-0.2, -0.15) is 4.31 Å². The molecule has 1 aliphatic rings. The molecule has 2 aromatic rings. The number of aryl methyl sites for hydroxylation is 1. The molecule has 1 amide bonds. The van der Waals surface area contributed by atoms with Crippen LogP contribution in [0.2, 0.25) is 0 Å². The van der Waals surface area contributed by atoms with Gasteiger partial charge in [0, 0.05) is 44.0 Å². The van der Waals surface area contributed by atoms with Crippen molar-refractivity contribution in [3.05, 3.63) is 54.1 Å². The third kappa shape index (κ3) is 4.31. The van der Waals surface area contributed by atoms with E-state index in [9.17, 15) is 13.2 Å². The van der Waals surface area contributed by atoms with Crippen LogP contribution in [-0.2, 0) is 14.8 Å². The molecular weight excluding hydrogens is 362 g/mol. The van der Waals surface area contributed by atoms with Gasteiger partial charge in [-0.25, -0.2) is 8.42 Å². The van der Waals surface area contributed by atoms with Crippen molar-refractivity contribution in [2.24, 2.45) is 0 Å². The number of hydrogen-bond donors (Lipinski definition) is 1. The van der Waals surface area contributed by atoms with Crippen molar-refractivity contribution < 1.29 is 13.2 Å². The first-order valence-corrected chi connectivity index (χ1v) is 10.4. The number of anilines is 2. The summed E-state index contributed by atoms with van der Waals surface area (Å²) in [5.74, 6) is -0.188. The number of nitrogens with one attached hydrogen (secondary N) is 1. The monoisotopic (exact) mass is 387 g/mol. The molecule has 2 aromatic carbocycles. The number of amides is 1. The molecule has 1 saturated heterocycles. The lowest BCUT2D eigenvalue weighted by Gasteiger charge is -2.40. The minimum Gasteiger partial charge on any atom is -0.366 e. The first-order chi connectivity index (χ1) is 12.8. The van der Waals surface area contributed by atoms with Gasteiger partial charge in [0.25, 0.3) is 0 Å². The Labute approximate surface area is 160 Å². The highest BCUT2D eigenvalue weighted by atomic mass is 32.2. The normalized spacial score (nSPS) is 18.3. The molecule has 1 unspecified atom stereocenters. The van der Waals surface area contributed by atoms with Gasteiger partial charge in [0.1, 0.15) is 0 Å². The smallest absolute Gasteiger partial charge is 0.243 e. The molecule has 1 atom stereocenters. The molecule has 0 aromatic heterocycles. The lowest BCUT2D eigenvalue weighted by atomic mass is 10.1. The fourth-order valence-electron chi connectivity index (χ4n) is 3.40. The predicted molar refractivity (Wildman–Crippen MR) is 107 cm³/mol. The largest absolute Gasteiger partial charge is 0.366 e. The van der Waals surface area contributed by atoms with E-state index >= 15 is 0 Å². The number of nitrogens with zero attached hydrogens (tertiary/aromatic N) is 2. The van der Waals surface area contributed by atoms with Gasteiger partial charge in [-0.15, -0.1) is 0 Å². The number of carbonyl (C=O) groups is 1. The summed E-state index contributed by atoms with van der Waals surface area (Å²) < 4.78 is 27.5. The van der Waals surface area contributed by atoms with Crippen molar-refractivity contribution >= 4 is 27.3 Å². The molecule has 1 N–H and O–H groups in total. The average Bonchev–Trinajstić information content (AvgIpc) is 2.61. The molecular formula is C20H25N3O3S. The summed E-state index contributed by atoms with van der Waals surface area (Å²) in [6.45, 7) is 7.04. The molecule has 0 bridgehead atoms. The Morgan fingerprint density at radius 1 is 1.11 bits per heavy atom. The van der Waals surface area contributed by atoms with Gasteiger partial charge < -0.3 is 10.2 Å². The minimum absolute atomic E-state index is 0.0778. The van der Waals surface area contributed by atoms with Gasteiger partial charge in [-0.1, -0.05) is 12.1 Å². The van der Waals surface area contributed by atoms with Crippen molar-refractivity contribution in [1.82, 2.24) is 4.31 Å². The van der Waals surface area contributed by atoms with E-state index in [0.29, 0.717) is 25.3 Å². The Kier molecular flexibility index (Phi) is 5.53. The van der Waals surface area contributed by atoms with E-state index < -0.39 is 10.0 Å². The maximum Gasteiger partial charge on any atom is 0.243 e. The Hall–Kier alpha value is -2.38. The van der Waals surface area contributed by atoms with E-state index in [1.54, 1.807) is 12.1 Å². The Balaban J connectivity index is 1.74. The zero-order chi connectivity index (χ0) is 19.6. The lowest BCUT2D eigenvalue weighted by molar-refractivity contribution is -0.114. The number of rotatable bonds is 4. The Morgan fingerprint density at radius 2 is 1.81 bits per heavy atom. The molecule has 1 aliphatic heterocycles. The zero-order valence-electron chi connectivity index (χ0n) is 15.8. The van der Waals surface area contributed by atoms with Crippen LogP contribution in [0.3, 0.4) is 0 Å². The zero-order valence-corrected chi connectivity index (χ0v) is 16.7. The number of hydrogen-bond acceptors (Lipinski definition) is 4. The highest BCUT2D eigenvalue weighted by Gasteiger charge is 2.32. The van der Waals surface area contributed by atoms with Crippen LogP contribution in [0.1, 0.15) is 19.4 Å². The molecule has 0 aliphatic carbocycles. The summed E-state index contributed by atoms with van der Waals surface area (Å²) in [7, 11) is -3.56. The van der Waals surface area contributed by atoms with Gasteiger partial charge in [0.05, 0.1) is 4.90 Å². The molecule has 6 nitrogen and oxygen atoms in total. The second kappa shape index (κ2) is 7.70. The third-order valence-electron chi connectivity index (χ3n) is 4.74. The fraction of sp³-hybridized carbons (Fsp3) is 0.350. The number of benzene rings is 2. The van der Waals surface area contributed by atoms with E-state index in [1.807, 2.05) is 13.0 Å². The summed E-state index contributed by atoms with van der Waals surface area (Å²) in [6, 6.07) is 14.7. The lowest BCUT2D eigenvalue weighted by Crippen LogP contribution is -2.53. The van der Waals surface area contributed by atoms with Gasteiger partial charge >= 0.3 is 0 Å². The Morgan fingerprint density at radius 3 is 2.41 bits per heavy atom. The third-order valence-corrected chi connectivity index (χ3v) is 6.62. The first-order valence-electron chi connectivity index (χ1n) is 8.98. The van der Waals surface area contributed by atoms with Crippen molar-refractivity contribution in [2.75, 3.05) is 29.9 Å². The van der Waals surface area contributed by atoms with Gasteiger partial charge in [0.15, 0.2) is 0 Å². The summed E-state index contributed by atoms with van der Waals surface area (Å²) in [6.07, 6.45) is 0. The van der Waals surface area contributed by atoms with Crippen molar-refractivity contribution in [2.45, 2.75) is 31.7 Å². The van der Waals surface area contributed by atoms with Crippen LogP contribution in [-0.4, -0.2) is 44.3 Å². The molecule has 144 valence electrons. The van der Waals surface area contributed by atoms with Crippen LogP contribution in [0.5, 0.6) is 0 Å². The maximum atomic E-state index is 13.0. The van der Waals surface area contributed by atoms with E-state index in [2.05, 4.69) is 35.3 Å². The molecule has 0 spiro atoms. The molecule has 1 heterocycles. The summed E-state index contributed by atoms with van der Waals surface area (Å²) >= 11 is 0. The van der Waals surface area contributed by atoms with Gasteiger partial charge in [0.2, 0.25) is 15.9 Å². The quantitative estimate of drug-likeness (QED) is 0.876. The summed E-state index contributed by atoms with van der Waals surface area (Å²) in [5.41, 5.74) is 2.90. The minimum atomic E-state index is -3.56. The van der Waals surface area contributed by atoms with Crippen molar-refractivity contribution in [1.29, 1.82) is 0 Å². The van der Waals surface area contributed by atoms with Crippen LogP contribution >= 0.6 is 0 Å². The van der Waals surface area contributed by atoms with Crippen LogP contribution < -0.4 is 10.2 Å². The number of sulfonamides is 1. The van der Waals surface area contributed by atoms with E-state index in [0.717, 1.165) is 5.69 Å². The molecule has 3 rings (SSSR count). The molecule has 7 heteroatoms. The van der Waals surface area contributed by atoms with Crippen LogP contribution in [0.15, 0.2) is 53.4 Å². The van der Waals surface area contributed by atoms with Crippen LogP contribution in [0, 0.1) is 6.92 Å². The van der Waals surface area contributed by atoms with Crippen molar-refractivity contribution in [3.8, 4) is 0 Å². The molecule has 0 radical (unpaired) electrons. The standard InChI is InChI=1S/C20H25N3O3S/c1-15-5-4-6-19(13-15)23-12-11-22(14-16(23)2)27(25,26)20-9-7-18(8-10-20)21-17(3)24/h4-10,13,16H,11-12,14H2,1-3H3,(H,21,24). The van der Waals surface area contributed by atoms with E-state index in [1.165, 1.54) is 28.9 Å². The van der Waals surface area contributed by atoms with Gasteiger partial charge in [-0.3, -0.25) is 4.79 Å². The second-order valence-electron chi connectivity index (χ2n) is 6.95. The topological polar surface area (TPSA) is 69.7 Å². The van der Waals surface area contributed by atoms with Crippen LogP contribution in [0.25, 0.3) is 0 Å². The SMILES string of the molecule is CC(=O)Nc1ccc(S(=O)(=O)N2CCN(c3cccc(C)c3)C(C)C2)cc1. The summed E-state index contributed by atoms with van der Waals surface area (Å²) in [4.78, 5) is 13.6. The maximum absolute atomic E-state index is 13.0. The fourth-order valence-corrected chi connectivity index (χ4v) is 4.91. The second-order valence-corrected chi connectivity index (χ2v) is 8.89. The van der Waals surface area contributed by atoms with Crippen LogP contribution in [0.4, 0.5) is 11.4 Å². The number of carbonyl (C=O) groups excluding carboxylic acids is 1. The molecule has 0 saturated carbocycles. The van der Waals surface area contributed by atoms with Crippen molar-refractivity contribution in [3.63, 3.8) is 0 Å².